The molecule has 1 aliphatic carbocycles. The van der Waals surface area contributed by atoms with Gasteiger partial charge in [-0.15, -0.1) is 0 Å². The van der Waals surface area contributed by atoms with Crippen molar-refractivity contribution in [1.82, 2.24) is 4.72 Å². The summed E-state index contributed by atoms with van der Waals surface area (Å²) in [5.74, 6) is -0.417. The Hall–Kier alpha value is -2.45. The van der Waals surface area contributed by atoms with Crippen LogP contribution in [0.15, 0.2) is 47.4 Å². The molecule has 0 fully saturated rings. The Morgan fingerprint density at radius 2 is 1.96 bits per heavy atom. The molecule has 0 saturated carbocycles. The van der Waals surface area contributed by atoms with Gasteiger partial charge < -0.3 is 10.5 Å². The number of hydrogen-bond acceptors (Lipinski definition) is 4. The van der Waals surface area contributed by atoms with Gasteiger partial charge in [0.15, 0.2) is 6.61 Å². The normalized spacial score (nSPS) is 16.6. The van der Waals surface area contributed by atoms with Crippen molar-refractivity contribution >= 4 is 15.9 Å². The van der Waals surface area contributed by atoms with Crippen LogP contribution in [0.4, 0.5) is 4.39 Å². The Kier molecular flexibility index (Phi) is 5.76. The first kappa shape index (κ1) is 19.3. The summed E-state index contributed by atoms with van der Waals surface area (Å²) < 4.78 is 45.8. The molecule has 0 spiro atoms. The van der Waals surface area contributed by atoms with E-state index in [-0.39, 0.29) is 24.0 Å². The molecule has 8 heteroatoms. The highest BCUT2D eigenvalue weighted by atomic mass is 32.2. The van der Waals surface area contributed by atoms with Crippen LogP contribution in [0.1, 0.15) is 29.9 Å². The van der Waals surface area contributed by atoms with Gasteiger partial charge in [0.05, 0.1) is 4.90 Å². The van der Waals surface area contributed by atoms with Gasteiger partial charge >= 0.3 is 0 Å². The number of benzene rings is 2. The van der Waals surface area contributed by atoms with Crippen LogP contribution in [-0.4, -0.2) is 27.5 Å². The van der Waals surface area contributed by atoms with Crippen molar-refractivity contribution in [2.24, 2.45) is 5.73 Å². The lowest BCUT2D eigenvalue weighted by atomic mass is 9.83. The van der Waals surface area contributed by atoms with Gasteiger partial charge in [-0.05, 0) is 72.7 Å². The maximum Gasteiger partial charge on any atom is 0.255 e. The fourth-order valence-corrected chi connectivity index (χ4v) is 4.34. The predicted octanol–water partition coefficient (Wildman–Crippen LogP) is 2.09. The molecule has 0 aromatic heterocycles. The maximum absolute atomic E-state index is 13.0. The summed E-state index contributed by atoms with van der Waals surface area (Å²) >= 11 is 0. The highest BCUT2D eigenvalue weighted by Crippen LogP contribution is 2.33. The van der Waals surface area contributed by atoms with Crippen LogP contribution in [0.5, 0.6) is 5.75 Å². The van der Waals surface area contributed by atoms with Crippen molar-refractivity contribution in [2.45, 2.75) is 30.1 Å². The maximum atomic E-state index is 13.0. The monoisotopic (exact) mass is 392 g/mol. The molecule has 0 radical (unpaired) electrons. The molecule has 2 aromatic carbocycles. The molecule has 6 nitrogen and oxygen atoms in total. The molecular formula is C19H21FN2O4S. The summed E-state index contributed by atoms with van der Waals surface area (Å²) in [5.41, 5.74) is 7.23. The Labute approximate surface area is 157 Å². The van der Waals surface area contributed by atoms with Crippen molar-refractivity contribution < 1.29 is 22.3 Å². The van der Waals surface area contributed by atoms with Gasteiger partial charge in [0.2, 0.25) is 10.0 Å². The molecule has 3 N–H and O–H groups in total. The Morgan fingerprint density at radius 1 is 1.22 bits per heavy atom. The van der Waals surface area contributed by atoms with Crippen molar-refractivity contribution in [3.8, 4) is 5.75 Å². The Morgan fingerprint density at radius 3 is 2.67 bits per heavy atom. The van der Waals surface area contributed by atoms with Crippen molar-refractivity contribution in [2.75, 3.05) is 13.2 Å². The minimum Gasteiger partial charge on any atom is -0.484 e. The second-order valence-corrected chi connectivity index (χ2v) is 8.28. The number of primary amides is 1. The van der Waals surface area contributed by atoms with E-state index in [1.165, 1.54) is 12.1 Å². The number of aryl methyl sites for hydroxylation is 1. The number of ether oxygens (including phenoxy) is 1. The standard InChI is InChI=1S/C19H21FN2O4S/c20-15-4-7-17(8-5-15)27(24,25)22-11-14-3-1-2-13-10-16(6-9-18(13)14)26-12-19(21)23/h4-10,14,22H,1-3,11-12H2,(H2,21,23). The average Bonchev–Trinajstić information content (AvgIpc) is 2.64. The third-order valence-electron chi connectivity index (χ3n) is 4.58. The molecule has 27 heavy (non-hydrogen) atoms. The van der Waals surface area contributed by atoms with Crippen LogP contribution in [0.2, 0.25) is 0 Å². The number of sulfonamides is 1. The molecule has 1 aliphatic rings. The minimum absolute atomic E-state index is 0.0363. The molecule has 144 valence electrons. The van der Waals surface area contributed by atoms with E-state index in [1.807, 2.05) is 12.1 Å². The van der Waals surface area contributed by atoms with E-state index in [0.29, 0.717) is 5.75 Å². The van der Waals surface area contributed by atoms with Crippen LogP contribution in [0.3, 0.4) is 0 Å². The predicted molar refractivity (Wildman–Crippen MR) is 98.4 cm³/mol. The van der Waals surface area contributed by atoms with Gasteiger partial charge in [-0.2, -0.15) is 0 Å². The highest BCUT2D eigenvalue weighted by Gasteiger charge is 2.23. The first-order valence-electron chi connectivity index (χ1n) is 8.64. The van der Waals surface area contributed by atoms with Gasteiger partial charge in [0, 0.05) is 6.54 Å². The van der Waals surface area contributed by atoms with Gasteiger partial charge in [-0.3, -0.25) is 4.79 Å². The minimum atomic E-state index is -3.70. The number of rotatable bonds is 7. The Bertz CT molecular complexity index is 929. The van der Waals surface area contributed by atoms with Gasteiger partial charge in [0.25, 0.3) is 5.91 Å². The molecule has 0 heterocycles. The lowest BCUT2D eigenvalue weighted by Crippen LogP contribution is -2.30. The summed E-state index contributed by atoms with van der Waals surface area (Å²) in [7, 11) is -3.70. The van der Waals surface area contributed by atoms with Crippen LogP contribution >= 0.6 is 0 Å². The topological polar surface area (TPSA) is 98.5 Å². The number of carbonyl (C=O) groups excluding carboxylic acids is 1. The van der Waals surface area contributed by atoms with E-state index in [9.17, 15) is 17.6 Å². The molecule has 0 aliphatic heterocycles. The number of halogens is 1. The molecule has 3 rings (SSSR count). The second-order valence-electron chi connectivity index (χ2n) is 6.51. The van der Waals surface area contributed by atoms with E-state index in [0.717, 1.165) is 42.5 Å². The van der Waals surface area contributed by atoms with E-state index in [1.54, 1.807) is 6.07 Å². The molecule has 0 bridgehead atoms. The van der Waals surface area contributed by atoms with Gasteiger partial charge in [-0.25, -0.2) is 17.5 Å². The average molecular weight is 392 g/mol. The summed E-state index contributed by atoms with van der Waals surface area (Å²) in [6.45, 7) is 0.0773. The van der Waals surface area contributed by atoms with Crippen molar-refractivity contribution in [3.63, 3.8) is 0 Å². The highest BCUT2D eigenvalue weighted by molar-refractivity contribution is 7.89. The number of carbonyl (C=O) groups is 1. The zero-order valence-electron chi connectivity index (χ0n) is 14.7. The number of amides is 1. The van der Waals surface area contributed by atoms with Crippen molar-refractivity contribution in [3.05, 3.63) is 59.4 Å². The first-order valence-corrected chi connectivity index (χ1v) is 10.1. The molecule has 2 aromatic rings. The van der Waals surface area contributed by atoms with Crippen molar-refractivity contribution in [1.29, 1.82) is 0 Å². The third-order valence-corrected chi connectivity index (χ3v) is 6.02. The summed E-state index contributed by atoms with van der Waals surface area (Å²) in [5, 5.41) is 0. The zero-order valence-corrected chi connectivity index (χ0v) is 15.5. The number of nitrogens with one attached hydrogen (secondary N) is 1. The second kappa shape index (κ2) is 8.06. The smallest absolute Gasteiger partial charge is 0.255 e. The SMILES string of the molecule is NC(=O)COc1ccc2c(c1)CCCC2CNS(=O)(=O)c1ccc(F)cc1. The number of nitrogens with two attached hydrogens (primary N) is 1. The quantitative estimate of drug-likeness (QED) is 0.754. The summed E-state index contributed by atoms with van der Waals surface area (Å²) in [6, 6.07) is 10.3. The first-order chi connectivity index (χ1) is 12.8. The largest absolute Gasteiger partial charge is 0.484 e. The molecule has 1 unspecified atom stereocenters. The van der Waals surface area contributed by atoms with Crippen LogP contribution in [0, 0.1) is 5.82 Å². The van der Waals surface area contributed by atoms with Crippen LogP contribution in [-0.2, 0) is 21.2 Å². The lowest BCUT2D eigenvalue weighted by molar-refractivity contribution is -0.119. The van der Waals surface area contributed by atoms with Crippen LogP contribution < -0.4 is 15.2 Å². The zero-order chi connectivity index (χ0) is 19.4. The van der Waals surface area contributed by atoms with E-state index < -0.39 is 21.7 Å². The van der Waals surface area contributed by atoms with Crippen LogP contribution in [0.25, 0.3) is 0 Å². The number of fused-ring (bicyclic) bond motifs is 1. The third kappa shape index (κ3) is 4.84. The van der Waals surface area contributed by atoms with Gasteiger partial charge in [-0.1, -0.05) is 6.07 Å². The lowest BCUT2D eigenvalue weighted by Gasteiger charge is -2.26. The summed E-state index contributed by atoms with van der Waals surface area (Å²) in [6.07, 6.45) is 2.65. The molecule has 1 amide bonds. The fraction of sp³-hybridized carbons (Fsp3) is 0.316. The van der Waals surface area contributed by atoms with E-state index >= 15 is 0 Å². The molecule has 0 saturated heterocycles. The fourth-order valence-electron chi connectivity index (χ4n) is 3.25. The Balaban J connectivity index is 1.70. The van der Waals surface area contributed by atoms with E-state index in [4.69, 9.17) is 10.5 Å². The summed E-state index contributed by atoms with van der Waals surface area (Å²) in [4.78, 5) is 10.9. The van der Waals surface area contributed by atoms with Gasteiger partial charge in [0.1, 0.15) is 11.6 Å². The molecular weight excluding hydrogens is 371 g/mol. The molecule has 1 atom stereocenters. The number of hydrogen-bond donors (Lipinski definition) is 2. The van der Waals surface area contributed by atoms with E-state index in [2.05, 4.69) is 4.72 Å².